The van der Waals surface area contributed by atoms with Gasteiger partial charge < -0.3 is 9.64 Å². The molecule has 1 aliphatic rings. The molecular formula is C11H16BrN3O. The van der Waals surface area contributed by atoms with Crippen LogP contribution in [-0.4, -0.2) is 35.8 Å². The summed E-state index contributed by atoms with van der Waals surface area (Å²) in [5.41, 5.74) is 0. The summed E-state index contributed by atoms with van der Waals surface area (Å²) < 4.78 is 6.48. The standard InChI is InChI=1S/C11H16BrN3O/c1-3-9-7-15(4-5-16-9)11-6-10(12)13-8(2)14-11/h6,9H,3-5,7H2,1-2H3. The number of aryl methyl sites for hydroxylation is 1. The largest absolute Gasteiger partial charge is 0.375 e. The monoisotopic (exact) mass is 285 g/mol. The van der Waals surface area contributed by atoms with Crippen LogP contribution in [0.4, 0.5) is 5.82 Å². The summed E-state index contributed by atoms with van der Waals surface area (Å²) in [5.74, 6) is 1.78. The van der Waals surface area contributed by atoms with Gasteiger partial charge in [-0.25, -0.2) is 9.97 Å². The zero-order valence-corrected chi connectivity index (χ0v) is 11.2. The predicted molar refractivity (Wildman–Crippen MR) is 66.7 cm³/mol. The lowest BCUT2D eigenvalue weighted by molar-refractivity contribution is 0.0381. The molecule has 16 heavy (non-hydrogen) atoms. The lowest BCUT2D eigenvalue weighted by Crippen LogP contribution is -2.42. The summed E-state index contributed by atoms with van der Waals surface area (Å²) in [5, 5.41) is 0. The molecule has 0 N–H and O–H groups in total. The van der Waals surface area contributed by atoms with Crippen molar-refractivity contribution in [3.05, 3.63) is 16.5 Å². The van der Waals surface area contributed by atoms with Crippen molar-refractivity contribution in [3.8, 4) is 0 Å². The molecule has 0 amide bonds. The van der Waals surface area contributed by atoms with Crippen molar-refractivity contribution < 1.29 is 4.74 Å². The Labute approximate surface area is 104 Å². The number of ether oxygens (including phenoxy) is 1. The van der Waals surface area contributed by atoms with E-state index in [2.05, 4.69) is 37.7 Å². The van der Waals surface area contributed by atoms with Gasteiger partial charge in [-0.3, -0.25) is 0 Å². The van der Waals surface area contributed by atoms with Gasteiger partial charge in [0.1, 0.15) is 16.2 Å². The number of rotatable bonds is 2. The Hall–Kier alpha value is -0.680. The molecule has 1 aromatic heterocycles. The molecule has 0 aromatic carbocycles. The minimum absolute atomic E-state index is 0.322. The highest BCUT2D eigenvalue weighted by molar-refractivity contribution is 9.10. The van der Waals surface area contributed by atoms with Crippen LogP contribution in [0.25, 0.3) is 0 Å². The summed E-state index contributed by atoms with van der Waals surface area (Å²) >= 11 is 3.40. The average molecular weight is 286 g/mol. The molecule has 1 atom stereocenters. The number of hydrogen-bond acceptors (Lipinski definition) is 4. The first-order chi connectivity index (χ1) is 7.69. The van der Waals surface area contributed by atoms with Crippen molar-refractivity contribution in [1.29, 1.82) is 0 Å². The van der Waals surface area contributed by atoms with Crippen LogP contribution in [0.2, 0.25) is 0 Å². The van der Waals surface area contributed by atoms with Gasteiger partial charge in [-0.1, -0.05) is 6.92 Å². The number of anilines is 1. The zero-order chi connectivity index (χ0) is 11.5. The predicted octanol–water partition coefficient (Wildman–Crippen LogP) is 2.16. The molecule has 0 radical (unpaired) electrons. The maximum Gasteiger partial charge on any atom is 0.133 e. The Morgan fingerprint density at radius 3 is 3.06 bits per heavy atom. The highest BCUT2D eigenvalue weighted by atomic mass is 79.9. The van der Waals surface area contributed by atoms with E-state index < -0.39 is 0 Å². The third-order valence-corrected chi connectivity index (χ3v) is 3.12. The quantitative estimate of drug-likeness (QED) is 0.781. The molecule has 2 rings (SSSR count). The molecule has 1 aliphatic heterocycles. The fraction of sp³-hybridized carbons (Fsp3) is 0.636. The zero-order valence-electron chi connectivity index (χ0n) is 9.61. The summed E-state index contributed by atoms with van der Waals surface area (Å²) in [7, 11) is 0. The first kappa shape index (κ1) is 11.8. The first-order valence-electron chi connectivity index (χ1n) is 5.56. The Bertz CT molecular complexity index is 352. The minimum atomic E-state index is 0.322. The molecule has 1 unspecified atom stereocenters. The van der Waals surface area contributed by atoms with Crippen LogP contribution in [-0.2, 0) is 4.74 Å². The Morgan fingerprint density at radius 1 is 1.56 bits per heavy atom. The molecule has 1 aromatic rings. The summed E-state index contributed by atoms with van der Waals surface area (Å²) in [6.45, 7) is 6.65. The maximum absolute atomic E-state index is 5.64. The van der Waals surface area contributed by atoms with Crippen LogP contribution in [0.1, 0.15) is 19.2 Å². The lowest BCUT2D eigenvalue weighted by Gasteiger charge is -2.33. The van der Waals surface area contributed by atoms with Crippen LogP contribution >= 0.6 is 15.9 Å². The molecule has 5 heteroatoms. The minimum Gasteiger partial charge on any atom is -0.375 e. The average Bonchev–Trinajstić information content (AvgIpc) is 2.28. The third-order valence-electron chi connectivity index (χ3n) is 2.71. The molecule has 0 spiro atoms. The van der Waals surface area contributed by atoms with Crippen molar-refractivity contribution in [1.82, 2.24) is 9.97 Å². The van der Waals surface area contributed by atoms with Gasteiger partial charge in [0.05, 0.1) is 12.7 Å². The number of nitrogens with zero attached hydrogens (tertiary/aromatic N) is 3. The highest BCUT2D eigenvalue weighted by Gasteiger charge is 2.20. The van der Waals surface area contributed by atoms with Crippen molar-refractivity contribution in [3.63, 3.8) is 0 Å². The van der Waals surface area contributed by atoms with Gasteiger partial charge in [0.2, 0.25) is 0 Å². The van der Waals surface area contributed by atoms with Crippen molar-refractivity contribution in [2.24, 2.45) is 0 Å². The molecule has 88 valence electrons. The second-order valence-electron chi connectivity index (χ2n) is 3.94. The van der Waals surface area contributed by atoms with Gasteiger partial charge in [0.25, 0.3) is 0 Å². The number of morpholine rings is 1. The van der Waals surface area contributed by atoms with E-state index in [0.717, 1.165) is 42.4 Å². The molecular weight excluding hydrogens is 270 g/mol. The van der Waals surface area contributed by atoms with Crippen LogP contribution < -0.4 is 4.90 Å². The van der Waals surface area contributed by atoms with E-state index >= 15 is 0 Å². The summed E-state index contributed by atoms with van der Waals surface area (Å²) in [6, 6.07) is 1.96. The molecule has 0 saturated carbocycles. The molecule has 1 fully saturated rings. The maximum atomic E-state index is 5.64. The molecule has 0 bridgehead atoms. The van der Waals surface area contributed by atoms with Crippen LogP contribution in [0, 0.1) is 6.92 Å². The topological polar surface area (TPSA) is 38.2 Å². The van der Waals surface area contributed by atoms with Crippen LogP contribution in [0.3, 0.4) is 0 Å². The van der Waals surface area contributed by atoms with E-state index in [1.807, 2.05) is 13.0 Å². The molecule has 2 heterocycles. The second kappa shape index (κ2) is 5.10. The summed E-state index contributed by atoms with van der Waals surface area (Å²) in [4.78, 5) is 10.9. The Kier molecular flexibility index (Phi) is 3.76. The van der Waals surface area contributed by atoms with E-state index in [9.17, 15) is 0 Å². The van der Waals surface area contributed by atoms with Gasteiger partial charge in [-0.15, -0.1) is 0 Å². The van der Waals surface area contributed by atoms with Gasteiger partial charge in [0.15, 0.2) is 0 Å². The first-order valence-corrected chi connectivity index (χ1v) is 6.36. The van der Waals surface area contributed by atoms with E-state index in [-0.39, 0.29) is 0 Å². The smallest absolute Gasteiger partial charge is 0.133 e. The van der Waals surface area contributed by atoms with E-state index in [0.29, 0.717) is 6.10 Å². The second-order valence-corrected chi connectivity index (χ2v) is 4.76. The van der Waals surface area contributed by atoms with Gasteiger partial charge in [-0.05, 0) is 29.3 Å². The third kappa shape index (κ3) is 2.71. The molecule has 4 nitrogen and oxygen atoms in total. The van der Waals surface area contributed by atoms with E-state index in [1.54, 1.807) is 0 Å². The van der Waals surface area contributed by atoms with E-state index in [4.69, 9.17) is 4.74 Å². The van der Waals surface area contributed by atoms with Crippen LogP contribution in [0.15, 0.2) is 10.7 Å². The SMILES string of the molecule is CCC1CN(c2cc(Br)nc(C)n2)CCO1. The fourth-order valence-corrected chi connectivity index (χ4v) is 2.31. The van der Waals surface area contributed by atoms with Crippen molar-refractivity contribution in [2.45, 2.75) is 26.4 Å². The lowest BCUT2D eigenvalue weighted by atomic mass is 10.2. The number of hydrogen-bond donors (Lipinski definition) is 0. The Morgan fingerprint density at radius 2 is 2.38 bits per heavy atom. The number of aromatic nitrogens is 2. The van der Waals surface area contributed by atoms with Crippen LogP contribution in [0.5, 0.6) is 0 Å². The van der Waals surface area contributed by atoms with Crippen molar-refractivity contribution >= 4 is 21.7 Å². The highest BCUT2D eigenvalue weighted by Crippen LogP contribution is 2.19. The number of halogens is 1. The normalized spacial score (nSPS) is 21.2. The van der Waals surface area contributed by atoms with Crippen molar-refractivity contribution in [2.75, 3.05) is 24.6 Å². The van der Waals surface area contributed by atoms with Gasteiger partial charge >= 0.3 is 0 Å². The fourth-order valence-electron chi connectivity index (χ4n) is 1.85. The molecule has 0 aliphatic carbocycles. The van der Waals surface area contributed by atoms with Gasteiger partial charge in [0, 0.05) is 19.2 Å². The molecule has 1 saturated heterocycles. The van der Waals surface area contributed by atoms with Gasteiger partial charge in [-0.2, -0.15) is 0 Å². The Balaban J connectivity index is 2.16. The summed E-state index contributed by atoms with van der Waals surface area (Å²) in [6.07, 6.45) is 1.37. The van der Waals surface area contributed by atoms with E-state index in [1.165, 1.54) is 0 Å².